The fourth-order valence-corrected chi connectivity index (χ4v) is 3.08. The monoisotopic (exact) mass is 374 g/mol. The normalized spacial score (nSPS) is 11.5. The largest absolute Gasteiger partial charge is 0.497 e. The summed E-state index contributed by atoms with van der Waals surface area (Å²) in [6, 6.07) is 23.3. The van der Waals surface area contributed by atoms with E-state index in [1.165, 1.54) is 0 Å². The molecule has 0 aromatic heterocycles. The van der Waals surface area contributed by atoms with Crippen LogP contribution in [0, 0.1) is 0 Å². The van der Waals surface area contributed by atoms with E-state index < -0.39 is 5.92 Å². The summed E-state index contributed by atoms with van der Waals surface area (Å²) in [4.78, 5) is 26.0. The molecule has 0 amide bonds. The second kappa shape index (κ2) is 9.00. The van der Waals surface area contributed by atoms with E-state index in [2.05, 4.69) is 0 Å². The molecule has 0 saturated heterocycles. The van der Waals surface area contributed by atoms with Gasteiger partial charge in [0, 0.05) is 17.5 Å². The fourth-order valence-electron chi connectivity index (χ4n) is 3.08. The van der Waals surface area contributed by atoms with Crippen LogP contribution in [-0.4, -0.2) is 25.8 Å². The molecule has 0 fully saturated rings. The molecule has 0 bridgehead atoms. The van der Waals surface area contributed by atoms with Gasteiger partial charge in [-0.1, -0.05) is 42.5 Å². The number of hydrogen-bond donors (Lipinski definition) is 0. The van der Waals surface area contributed by atoms with Crippen molar-refractivity contribution in [2.45, 2.75) is 12.3 Å². The van der Waals surface area contributed by atoms with E-state index in [1.54, 1.807) is 62.8 Å². The van der Waals surface area contributed by atoms with E-state index in [0.29, 0.717) is 22.6 Å². The summed E-state index contributed by atoms with van der Waals surface area (Å²) < 4.78 is 10.4. The Labute approximate surface area is 164 Å². The summed E-state index contributed by atoms with van der Waals surface area (Å²) in [5, 5.41) is 0. The first-order chi connectivity index (χ1) is 13.6. The molecule has 1 atom stereocenters. The van der Waals surface area contributed by atoms with Crippen LogP contribution in [0.25, 0.3) is 0 Å². The van der Waals surface area contributed by atoms with Crippen molar-refractivity contribution in [3.8, 4) is 11.5 Å². The van der Waals surface area contributed by atoms with E-state index in [4.69, 9.17) is 9.47 Å². The van der Waals surface area contributed by atoms with Crippen LogP contribution in [0.15, 0.2) is 78.9 Å². The van der Waals surface area contributed by atoms with Gasteiger partial charge >= 0.3 is 0 Å². The number of benzene rings is 3. The Kier molecular flexibility index (Phi) is 6.22. The molecule has 0 heterocycles. The minimum Gasteiger partial charge on any atom is -0.497 e. The quantitative estimate of drug-likeness (QED) is 0.524. The highest BCUT2D eigenvalue weighted by molar-refractivity contribution is 6.06. The first-order valence-corrected chi connectivity index (χ1v) is 9.03. The predicted molar refractivity (Wildman–Crippen MR) is 108 cm³/mol. The molecule has 3 aromatic rings. The lowest BCUT2D eigenvalue weighted by Crippen LogP contribution is -2.17. The predicted octanol–water partition coefficient (Wildman–Crippen LogP) is 4.94. The Morgan fingerprint density at radius 1 is 0.714 bits per heavy atom. The molecule has 4 nitrogen and oxygen atoms in total. The second-order valence-corrected chi connectivity index (χ2v) is 6.41. The van der Waals surface area contributed by atoms with Crippen molar-refractivity contribution in [2.75, 3.05) is 14.2 Å². The smallest absolute Gasteiger partial charge is 0.170 e. The van der Waals surface area contributed by atoms with Gasteiger partial charge in [0.15, 0.2) is 11.6 Å². The van der Waals surface area contributed by atoms with E-state index in [-0.39, 0.29) is 18.0 Å². The molecular formula is C24H22O4. The van der Waals surface area contributed by atoms with Crippen LogP contribution in [0.2, 0.25) is 0 Å². The molecule has 0 N–H and O–H groups in total. The highest BCUT2D eigenvalue weighted by Gasteiger charge is 2.25. The number of hydrogen-bond acceptors (Lipinski definition) is 4. The number of carbonyl (C=O) groups excluding carboxylic acids is 2. The van der Waals surface area contributed by atoms with Crippen molar-refractivity contribution in [3.05, 3.63) is 95.6 Å². The maximum absolute atomic E-state index is 13.2. The zero-order valence-electron chi connectivity index (χ0n) is 15.9. The minimum atomic E-state index is -0.577. The zero-order valence-corrected chi connectivity index (χ0v) is 15.9. The molecular weight excluding hydrogens is 352 g/mol. The van der Waals surface area contributed by atoms with Crippen LogP contribution in [-0.2, 0) is 0 Å². The molecule has 3 rings (SSSR count). The van der Waals surface area contributed by atoms with Crippen molar-refractivity contribution in [2.24, 2.45) is 0 Å². The lowest BCUT2D eigenvalue weighted by molar-refractivity contribution is 0.0893. The van der Waals surface area contributed by atoms with Crippen LogP contribution in [0.4, 0.5) is 0 Å². The van der Waals surface area contributed by atoms with Crippen molar-refractivity contribution in [1.82, 2.24) is 0 Å². The molecule has 28 heavy (non-hydrogen) atoms. The van der Waals surface area contributed by atoms with E-state index in [1.807, 2.05) is 30.3 Å². The van der Waals surface area contributed by atoms with Gasteiger partial charge in [-0.25, -0.2) is 0 Å². The fraction of sp³-hybridized carbons (Fsp3) is 0.167. The first kappa shape index (κ1) is 19.4. The van der Waals surface area contributed by atoms with Gasteiger partial charge in [-0.15, -0.1) is 0 Å². The van der Waals surface area contributed by atoms with Crippen LogP contribution < -0.4 is 9.47 Å². The van der Waals surface area contributed by atoms with Crippen LogP contribution in [0.1, 0.15) is 38.6 Å². The molecule has 142 valence electrons. The summed E-state index contributed by atoms with van der Waals surface area (Å²) in [6.07, 6.45) is 0.0984. The van der Waals surface area contributed by atoms with Gasteiger partial charge in [0.2, 0.25) is 0 Å². The van der Waals surface area contributed by atoms with Crippen LogP contribution in [0.3, 0.4) is 0 Å². The third-order valence-electron chi connectivity index (χ3n) is 4.69. The zero-order chi connectivity index (χ0) is 19.9. The summed E-state index contributed by atoms with van der Waals surface area (Å²) >= 11 is 0. The Morgan fingerprint density at radius 2 is 1.25 bits per heavy atom. The molecule has 0 unspecified atom stereocenters. The molecule has 0 aliphatic heterocycles. The van der Waals surface area contributed by atoms with E-state index in [0.717, 1.165) is 5.56 Å². The van der Waals surface area contributed by atoms with Gasteiger partial charge in [-0.2, -0.15) is 0 Å². The molecule has 3 aromatic carbocycles. The Bertz CT molecular complexity index is 929. The Balaban J connectivity index is 1.92. The topological polar surface area (TPSA) is 52.6 Å². The van der Waals surface area contributed by atoms with Gasteiger partial charge in [-0.05, 0) is 42.0 Å². The first-order valence-electron chi connectivity index (χ1n) is 9.03. The van der Waals surface area contributed by atoms with E-state index >= 15 is 0 Å². The number of ketones is 2. The average Bonchev–Trinajstić information content (AvgIpc) is 2.77. The van der Waals surface area contributed by atoms with Gasteiger partial charge in [0.05, 0.1) is 20.1 Å². The van der Waals surface area contributed by atoms with Crippen LogP contribution >= 0.6 is 0 Å². The Morgan fingerprint density at radius 3 is 1.79 bits per heavy atom. The SMILES string of the molecule is COc1ccc(C(=O)[C@@H](CC(=O)c2ccccc2)c2ccc(OC)cc2)cc1. The highest BCUT2D eigenvalue weighted by atomic mass is 16.5. The summed E-state index contributed by atoms with van der Waals surface area (Å²) in [5.74, 6) is 0.638. The number of methoxy groups -OCH3 is 2. The molecule has 4 heteroatoms. The van der Waals surface area contributed by atoms with Crippen molar-refractivity contribution >= 4 is 11.6 Å². The second-order valence-electron chi connectivity index (χ2n) is 6.41. The number of rotatable bonds is 8. The van der Waals surface area contributed by atoms with Crippen molar-refractivity contribution < 1.29 is 19.1 Å². The van der Waals surface area contributed by atoms with Gasteiger partial charge < -0.3 is 9.47 Å². The third-order valence-corrected chi connectivity index (χ3v) is 4.69. The van der Waals surface area contributed by atoms with Crippen molar-refractivity contribution in [1.29, 1.82) is 0 Å². The van der Waals surface area contributed by atoms with Gasteiger partial charge in [-0.3, -0.25) is 9.59 Å². The highest BCUT2D eigenvalue weighted by Crippen LogP contribution is 2.28. The molecule has 0 radical (unpaired) electrons. The molecule has 0 aliphatic carbocycles. The minimum absolute atomic E-state index is 0.0664. The molecule has 0 spiro atoms. The lowest BCUT2D eigenvalue weighted by atomic mass is 9.85. The number of Topliss-reactive ketones (excluding diaryl/α,β-unsaturated/α-hetero) is 2. The maximum atomic E-state index is 13.2. The third kappa shape index (κ3) is 4.46. The average molecular weight is 374 g/mol. The van der Waals surface area contributed by atoms with Gasteiger partial charge in [0.1, 0.15) is 11.5 Å². The van der Waals surface area contributed by atoms with Gasteiger partial charge in [0.25, 0.3) is 0 Å². The number of ether oxygens (including phenoxy) is 2. The molecule has 0 aliphatic rings. The lowest BCUT2D eigenvalue weighted by Gasteiger charge is -2.17. The van der Waals surface area contributed by atoms with Crippen molar-refractivity contribution in [3.63, 3.8) is 0 Å². The summed E-state index contributed by atoms with van der Waals surface area (Å²) in [7, 11) is 3.17. The Hall–Kier alpha value is -3.40. The summed E-state index contributed by atoms with van der Waals surface area (Å²) in [6.45, 7) is 0. The van der Waals surface area contributed by atoms with E-state index in [9.17, 15) is 9.59 Å². The maximum Gasteiger partial charge on any atom is 0.170 e. The molecule has 0 saturated carbocycles. The standard InChI is InChI=1S/C24H22O4/c1-27-20-12-8-17(9-13-20)22(16-23(25)18-6-4-3-5-7-18)24(26)19-10-14-21(28-2)15-11-19/h3-15,22H,16H2,1-2H3/t22-/m0/s1. The van der Waals surface area contributed by atoms with Crippen LogP contribution in [0.5, 0.6) is 11.5 Å². The number of carbonyl (C=O) groups is 2. The summed E-state index contributed by atoms with van der Waals surface area (Å²) in [5.41, 5.74) is 1.93.